The number of ether oxygens (including phenoxy) is 1. The van der Waals surface area contributed by atoms with Gasteiger partial charge in [0, 0.05) is 32.5 Å². The molecule has 6 heteroatoms. The van der Waals surface area contributed by atoms with Crippen LogP contribution in [0.2, 0.25) is 0 Å². The summed E-state index contributed by atoms with van der Waals surface area (Å²) in [5.74, 6) is -0.438. The molecule has 1 aliphatic heterocycles. The van der Waals surface area contributed by atoms with E-state index in [4.69, 9.17) is 0 Å². The van der Waals surface area contributed by atoms with E-state index in [-0.39, 0.29) is 36.7 Å². The first kappa shape index (κ1) is 15.5. The number of hydrogen-bond acceptors (Lipinski definition) is 4. The third-order valence-electron chi connectivity index (χ3n) is 3.29. The van der Waals surface area contributed by atoms with Crippen molar-refractivity contribution in [2.24, 2.45) is 0 Å². The molecule has 0 bridgehead atoms. The smallest absolute Gasteiger partial charge is 0.307 e. The molecular formula is C13H22N2O4. The number of hydrogen-bond donors (Lipinski definition) is 1. The second kappa shape index (κ2) is 7.76. The lowest BCUT2D eigenvalue weighted by Gasteiger charge is -2.35. The van der Waals surface area contributed by atoms with E-state index in [0.717, 1.165) is 19.3 Å². The fourth-order valence-electron chi connectivity index (χ4n) is 2.31. The summed E-state index contributed by atoms with van der Waals surface area (Å²) in [5, 5.41) is 2.60. The fraction of sp³-hybridized carbons (Fsp3) is 0.769. The van der Waals surface area contributed by atoms with Crippen LogP contribution in [0.5, 0.6) is 0 Å². The van der Waals surface area contributed by atoms with Crippen molar-refractivity contribution in [1.29, 1.82) is 0 Å². The number of carbonyl (C=O) groups excluding carboxylic acids is 3. The van der Waals surface area contributed by atoms with E-state index in [0.29, 0.717) is 13.1 Å². The molecule has 108 valence electrons. The lowest BCUT2D eigenvalue weighted by molar-refractivity contribution is -0.144. The zero-order valence-corrected chi connectivity index (χ0v) is 11.6. The molecule has 1 N–H and O–H groups in total. The van der Waals surface area contributed by atoms with E-state index in [1.807, 2.05) is 0 Å². The topological polar surface area (TPSA) is 75.7 Å². The number of esters is 1. The van der Waals surface area contributed by atoms with E-state index in [1.54, 1.807) is 4.90 Å². The zero-order chi connectivity index (χ0) is 14.3. The molecule has 1 atom stereocenters. The summed E-state index contributed by atoms with van der Waals surface area (Å²) in [4.78, 5) is 35.9. The van der Waals surface area contributed by atoms with Crippen LogP contribution in [0.15, 0.2) is 0 Å². The van der Waals surface area contributed by atoms with Gasteiger partial charge >= 0.3 is 5.97 Å². The quantitative estimate of drug-likeness (QED) is 0.736. The molecule has 1 heterocycles. The summed E-state index contributed by atoms with van der Waals surface area (Å²) in [5.41, 5.74) is 0. The summed E-state index contributed by atoms with van der Waals surface area (Å²) in [6, 6.07) is -0.0639. The van der Waals surface area contributed by atoms with Crippen molar-refractivity contribution in [2.75, 3.05) is 20.2 Å². The summed E-state index contributed by atoms with van der Waals surface area (Å²) in [6.07, 6.45) is 3.35. The number of amides is 2. The van der Waals surface area contributed by atoms with Crippen LogP contribution in [0.25, 0.3) is 0 Å². The lowest BCUT2D eigenvalue weighted by atomic mass is 9.99. The highest BCUT2D eigenvalue weighted by molar-refractivity contribution is 5.79. The van der Waals surface area contributed by atoms with Crippen molar-refractivity contribution in [3.8, 4) is 0 Å². The largest absolute Gasteiger partial charge is 0.469 e. The Balaban J connectivity index is 2.48. The van der Waals surface area contributed by atoms with Crippen LogP contribution in [-0.2, 0) is 19.1 Å². The van der Waals surface area contributed by atoms with Gasteiger partial charge in [0.1, 0.15) is 0 Å². The molecule has 1 saturated heterocycles. The zero-order valence-electron chi connectivity index (χ0n) is 11.6. The van der Waals surface area contributed by atoms with Crippen LogP contribution in [0.3, 0.4) is 0 Å². The number of carbonyl (C=O) groups is 3. The highest BCUT2D eigenvalue weighted by Gasteiger charge is 2.28. The first-order valence-corrected chi connectivity index (χ1v) is 6.65. The Hall–Kier alpha value is -1.59. The van der Waals surface area contributed by atoms with Gasteiger partial charge in [-0.15, -0.1) is 0 Å². The predicted octanol–water partition coefficient (Wildman–Crippen LogP) is 0.457. The average molecular weight is 270 g/mol. The molecule has 6 nitrogen and oxygen atoms in total. The Labute approximate surface area is 113 Å². The van der Waals surface area contributed by atoms with E-state index in [9.17, 15) is 14.4 Å². The van der Waals surface area contributed by atoms with Gasteiger partial charge in [0.15, 0.2) is 0 Å². The molecule has 1 fully saturated rings. The standard InChI is InChI=1S/C13H22N2O4/c1-10(16)14-7-6-12(17)15-8-4-3-5-11(15)9-13(18)19-2/h11H,3-9H2,1-2H3,(H,14,16). The number of nitrogens with zero attached hydrogens (tertiary/aromatic N) is 1. The van der Waals surface area contributed by atoms with Crippen molar-refractivity contribution in [3.63, 3.8) is 0 Å². The van der Waals surface area contributed by atoms with Crippen molar-refractivity contribution < 1.29 is 19.1 Å². The normalized spacial score (nSPS) is 18.8. The first-order valence-electron chi connectivity index (χ1n) is 6.65. The maximum absolute atomic E-state index is 12.1. The van der Waals surface area contributed by atoms with Gasteiger partial charge in [-0.25, -0.2) is 0 Å². The van der Waals surface area contributed by atoms with Gasteiger partial charge in [-0.1, -0.05) is 0 Å². The maximum atomic E-state index is 12.1. The Morgan fingerprint density at radius 1 is 1.32 bits per heavy atom. The van der Waals surface area contributed by atoms with Crippen LogP contribution in [0, 0.1) is 0 Å². The summed E-state index contributed by atoms with van der Waals surface area (Å²) in [6.45, 7) is 2.45. The van der Waals surface area contributed by atoms with Gasteiger partial charge in [-0.3, -0.25) is 14.4 Å². The van der Waals surface area contributed by atoms with Crippen molar-refractivity contribution in [2.45, 2.75) is 45.1 Å². The Morgan fingerprint density at radius 3 is 2.68 bits per heavy atom. The van der Waals surface area contributed by atoms with E-state index >= 15 is 0 Å². The number of likely N-dealkylation sites (tertiary alicyclic amines) is 1. The van der Waals surface area contributed by atoms with Crippen molar-refractivity contribution in [3.05, 3.63) is 0 Å². The minimum Gasteiger partial charge on any atom is -0.469 e. The molecule has 1 aliphatic rings. The van der Waals surface area contributed by atoms with Crippen LogP contribution >= 0.6 is 0 Å². The summed E-state index contributed by atoms with van der Waals surface area (Å²) >= 11 is 0. The van der Waals surface area contributed by atoms with E-state index in [1.165, 1.54) is 14.0 Å². The predicted molar refractivity (Wildman–Crippen MR) is 69.3 cm³/mol. The maximum Gasteiger partial charge on any atom is 0.307 e. The van der Waals surface area contributed by atoms with Crippen LogP contribution < -0.4 is 5.32 Å². The van der Waals surface area contributed by atoms with Gasteiger partial charge in [0.05, 0.1) is 13.5 Å². The molecule has 2 amide bonds. The fourth-order valence-corrected chi connectivity index (χ4v) is 2.31. The minimum atomic E-state index is -0.286. The van der Waals surface area contributed by atoms with Crippen LogP contribution in [0.1, 0.15) is 39.0 Å². The van der Waals surface area contributed by atoms with Crippen molar-refractivity contribution in [1.82, 2.24) is 10.2 Å². The first-order chi connectivity index (χ1) is 9.04. The lowest BCUT2D eigenvalue weighted by Crippen LogP contribution is -2.45. The molecule has 1 rings (SSSR count). The van der Waals surface area contributed by atoms with Gasteiger partial charge in [-0.05, 0) is 19.3 Å². The third kappa shape index (κ3) is 5.28. The van der Waals surface area contributed by atoms with Gasteiger partial charge in [0.25, 0.3) is 0 Å². The summed E-state index contributed by atoms with van der Waals surface area (Å²) < 4.78 is 4.66. The Bertz CT molecular complexity index is 344. The average Bonchev–Trinajstić information content (AvgIpc) is 2.38. The SMILES string of the molecule is COC(=O)CC1CCCCN1C(=O)CCNC(C)=O. The van der Waals surface area contributed by atoms with Gasteiger partial charge < -0.3 is 15.0 Å². The number of rotatable bonds is 5. The van der Waals surface area contributed by atoms with Crippen LogP contribution in [-0.4, -0.2) is 48.9 Å². The molecule has 0 aliphatic carbocycles. The van der Waals surface area contributed by atoms with Gasteiger partial charge in [-0.2, -0.15) is 0 Å². The molecule has 0 saturated carbocycles. The highest BCUT2D eigenvalue weighted by Crippen LogP contribution is 2.20. The monoisotopic (exact) mass is 270 g/mol. The Kier molecular flexibility index (Phi) is 6.32. The molecule has 0 spiro atoms. The molecular weight excluding hydrogens is 248 g/mol. The molecule has 0 radical (unpaired) electrons. The van der Waals surface area contributed by atoms with E-state index in [2.05, 4.69) is 10.1 Å². The number of piperidine rings is 1. The Morgan fingerprint density at radius 2 is 2.05 bits per heavy atom. The molecule has 19 heavy (non-hydrogen) atoms. The second-order valence-electron chi connectivity index (χ2n) is 4.75. The number of methoxy groups -OCH3 is 1. The third-order valence-corrected chi connectivity index (χ3v) is 3.29. The minimum absolute atomic E-state index is 0.0117. The van der Waals surface area contributed by atoms with Crippen molar-refractivity contribution >= 4 is 17.8 Å². The molecule has 0 aromatic heterocycles. The molecule has 0 aromatic carbocycles. The van der Waals surface area contributed by atoms with E-state index < -0.39 is 0 Å². The molecule has 1 unspecified atom stereocenters. The molecule has 0 aromatic rings. The second-order valence-corrected chi connectivity index (χ2v) is 4.75. The summed E-state index contributed by atoms with van der Waals surface area (Å²) in [7, 11) is 1.36. The number of nitrogens with one attached hydrogen (secondary N) is 1. The highest BCUT2D eigenvalue weighted by atomic mass is 16.5. The van der Waals surface area contributed by atoms with Gasteiger partial charge in [0.2, 0.25) is 11.8 Å². The van der Waals surface area contributed by atoms with Crippen LogP contribution in [0.4, 0.5) is 0 Å².